The third kappa shape index (κ3) is 5.69. The van der Waals surface area contributed by atoms with E-state index in [0.29, 0.717) is 5.56 Å². The molecule has 0 bridgehead atoms. The molecule has 1 amide bonds. The second kappa shape index (κ2) is 7.97. The number of carbonyl (C=O) groups excluding carboxylic acids is 1. The molecule has 0 aliphatic carbocycles. The van der Waals surface area contributed by atoms with Crippen LogP contribution in [0, 0.1) is 6.92 Å². The Labute approximate surface area is 154 Å². The van der Waals surface area contributed by atoms with Gasteiger partial charge in [-0.2, -0.15) is 0 Å². The van der Waals surface area contributed by atoms with Gasteiger partial charge in [0, 0.05) is 17.8 Å². The lowest BCUT2D eigenvalue weighted by Crippen LogP contribution is -2.24. The first-order valence-corrected chi connectivity index (χ1v) is 9.27. The van der Waals surface area contributed by atoms with E-state index in [1.807, 2.05) is 0 Å². The van der Waals surface area contributed by atoms with Crippen molar-refractivity contribution in [3.63, 3.8) is 0 Å². The highest BCUT2D eigenvalue weighted by atomic mass is 32.2. The molecular formula is C17H17F3N2O4S. The molecule has 2 aromatic carbocycles. The summed E-state index contributed by atoms with van der Waals surface area (Å²) in [6.07, 6.45) is -4.81. The number of halogens is 3. The minimum atomic E-state index is -4.81. The summed E-state index contributed by atoms with van der Waals surface area (Å²) in [4.78, 5) is 12.4. The smallest absolute Gasteiger partial charge is 0.406 e. The van der Waals surface area contributed by atoms with Gasteiger partial charge >= 0.3 is 6.36 Å². The van der Waals surface area contributed by atoms with Crippen LogP contribution >= 0.6 is 0 Å². The van der Waals surface area contributed by atoms with Crippen LogP contribution in [0.3, 0.4) is 0 Å². The SMILES string of the molecule is CCNS(=O)(=O)c1ccc(C)c(C(=O)Nc2ccc(OC(F)(F)F)cc2)c1. The maximum atomic E-state index is 12.4. The highest BCUT2D eigenvalue weighted by Crippen LogP contribution is 2.24. The number of rotatable bonds is 6. The van der Waals surface area contributed by atoms with Gasteiger partial charge in [0.2, 0.25) is 10.0 Å². The van der Waals surface area contributed by atoms with Crippen LogP contribution < -0.4 is 14.8 Å². The third-order valence-corrected chi connectivity index (χ3v) is 4.99. The molecule has 0 saturated carbocycles. The summed E-state index contributed by atoms with van der Waals surface area (Å²) in [5, 5.41) is 2.51. The molecule has 0 spiro atoms. The monoisotopic (exact) mass is 402 g/mol. The van der Waals surface area contributed by atoms with Crippen LogP contribution in [0.1, 0.15) is 22.8 Å². The Morgan fingerprint density at radius 2 is 1.74 bits per heavy atom. The van der Waals surface area contributed by atoms with Crippen molar-refractivity contribution in [1.29, 1.82) is 0 Å². The van der Waals surface area contributed by atoms with Crippen molar-refractivity contribution in [2.75, 3.05) is 11.9 Å². The average molecular weight is 402 g/mol. The van der Waals surface area contributed by atoms with Crippen LogP contribution in [0.15, 0.2) is 47.4 Å². The Morgan fingerprint density at radius 3 is 2.30 bits per heavy atom. The molecule has 0 radical (unpaired) electrons. The lowest BCUT2D eigenvalue weighted by atomic mass is 10.1. The molecule has 0 aromatic heterocycles. The van der Waals surface area contributed by atoms with Gasteiger partial charge in [-0.25, -0.2) is 13.1 Å². The Bertz CT molecular complexity index is 926. The highest BCUT2D eigenvalue weighted by Gasteiger charge is 2.31. The Balaban J connectivity index is 2.21. The molecule has 0 aliphatic rings. The lowest BCUT2D eigenvalue weighted by Gasteiger charge is -2.12. The number of hydrogen-bond acceptors (Lipinski definition) is 4. The first kappa shape index (κ1) is 20.7. The minimum absolute atomic E-state index is 0.0611. The van der Waals surface area contributed by atoms with E-state index >= 15 is 0 Å². The topological polar surface area (TPSA) is 84.5 Å². The summed E-state index contributed by atoms with van der Waals surface area (Å²) in [5.74, 6) is -1.01. The number of anilines is 1. The summed E-state index contributed by atoms with van der Waals surface area (Å²) in [6.45, 7) is 3.47. The Morgan fingerprint density at radius 1 is 1.11 bits per heavy atom. The standard InChI is InChI=1S/C17H17F3N2O4S/c1-3-21-27(24,25)14-9-4-11(2)15(10-14)16(23)22-12-5-7-13(8-6-12)26-17(18,19)20/h4-10,21H,3H2,1-2H3,(H,22,23). The summed E-state index contributed by atoms with van der Waals surface area (Å²) >= 11 is 0. The fourth-order valence-electron chi connectivity index (χ4n) is 2.22. The number of ether oxygens (including phenoxy) is 1. The Kier molecular flexibility index (Phi) is 6.11. The van der Waals surface area contributed by atoms with Crippen molar-refractivity contribution in [2.24, 2.45) is 0 Å². The molecule has 2 aromatic rings. The Hall–Kier alpha value is -2.59. The summed E-state index contributed by atoms with van der Waals surface area (Å²) < 4.78 is 66.7. The molecule has 10 heteroatoms. The van der Waals surface area contributed by atoms with E-state index in [1.165, 1.54) is 30.3 Å². The van der Waals surface area contributed by atoms with Crippen molar-refractivity contribution in [2.45, 2.75) is 25.1 Å². The van der Waals surface area contributed by atoms with E-state index in [9.17, 15) is 26.4 Å². The fraction of sp³-hybridized carbons (Fsp3) is 0.235. The van der Waals surface area contributed by atoms with Crippen LogP contribution in [0.2, 0.25) is 0 Å². The van der Waals surface area contributed by atoms with E-state index in [1.54, 1.807) is 13.8 Å². The number of nitrogens with one attached hydrogen (secondary N) is 2. The van der Waals surface area contributed by atoms with Gasteiger partial charge in [0.15, 0.2) is 0 Å². The number of aryl methyl sites for hydroxylation is 1. The quantitative estimate of drug-likeness (QED) is 0.775. The van der Waals surface area contributed by atoms with Crippen molar-refractivity contribution in [1.82, 2.24) is 4.72 Å². The van der Waals surface area contributed by atoms with E-state index in [0.717, 1.165) is 12.1 Å². The molecule has 0 unspecified atom stereocenters. The number of alkyl halides is 3. The van der Waals surface area contributed by atoms with Crippen molar-refractivity contribution in [3.8, 4) is 5.75 Å². The van der Waals surface area contributed by atoms with Gasteiger partial charge in [-0.3, -0.25) is 4.79 Å². The van der Waals surface area contributed by atoms with Gasteiger partial charge in [-0.05, 0) is 48.9 Å². The average Bonchev–Trinajstić information content (AvgIpc) is 2.55. The third-order valence-electron chi connectivity index (χ3n) is 3.44. The zero-order valence-corrected chi connectivity index (χ0v) is 15.2. The van der Waals surface area contributed by atoms with Crippen LogP contribution in [0.5, 0.6) is 5.75 Å². The van der Waals surface area contributed by atoms with E-state index in [4.69, 9.17) is 0 Å². The van der Waals surface area contributed by atoms with E-state index < -0.39 is 28.0 Å². The van der Waals surface area contributed by atoms with Gasteiger partial charge < -0.3 is 10.1 Å². The molecule has 6 nitrogen and oxygen atoms in total. The number of benzene rings is 2. The number of carbonyl (C=O) groups is 1. The minimum Gasteiger partial charge on any atom is -0.406 e. The van der Waals surface area contributed by atoms with Gasteiger partial charge in [-0.15, -0.1) is 13.2 Å². The first-order chi connectivity index (χ1) is 12.5. The second-order valence-corrected chi connectivity index (χ2v) is 7.27. The number of sulfonamides is 1. The molecule has 0 aliphatic heterocycles. The largest absolute Gasteiger partial charge is 0.573 e. The molecule has 0 heterocycles. The molecule has 0 atom stereocenters. The van der Waals surface area contributed by atoms with E-state index in [-0.39, 0.29) is 22.7 Å². The van der Waals surface area contributed by atoms with E-state index in [2.05, 4.69) is 14.8 Å². The normalized spacial score (nSPS) is 11.9. The van der Waals surface area contributed by atoms with Crippen LogP contribution in [0.25, 0.3) is 0 Å². The zero-order valence-electron chi connectivity index (χ0n) is 14.4. The molecule has 27 heavy (non-hydrogen) atoms. The van der Waals surface area contributed by atoms with Crippen molar-refractivity contribution >= 4 is 21.6 Å². The van der Waals surface area contributed by atoms with Crippen LogP contribution in [0.4, 0.5) is 18.9 Å². The number of amides is 1. The molecule has 146 valence electrons. The van der Waals surface area contributed by atoms with Gasteiger partial charge in [0.1, 0.15) is 5.75 Å². The zero-order chi connectivity index (χ0) is 20.2. The summed E-state index contributed by atoms with van der Waals surface area (Å²) in [7, 11) is -3.73. The fourth-order valence-corrected chi connectivity index (χ4v) is 3.29. The molecule has 2 N–H and O–H groups in total. The predicted molar refractivity (Wildman–Crippen MR) is 93.1 cm³/mol. The molecular weight excluding hydrogens is 385 g/mol. The molecule has 2 rings (SSSR count). The van der Waals surface area contributed by atoms with Gasteiger partial charge in [0.25, 0.3) is 5.91 Å². The summed E-state index contributed by atoms with van der Waals surface area (Å²) in [6, 6.07) is 8.72. The maximum Gasteiger partial charge on any atom is 0.573 e. The maximum absolute atomic E-state index is 12.4. The van der Waals surface area contributed by atoms with Gasteiger partial charge in [0.05, 0.1) is 4.90 Å². The molecule has 0 fully saturated rings. The van der Waals surface area contributed by atoms with Crippen LogP contribution in [-0.2, 0) is 10.0 Å². The lowest BCUT2D eigenvalue weighted by molar-refractivity contribution is -0.274. The highest BCUT2D eigenvalue weighted by molar-refractivity contribution is 7.89. The van der Waals surface area contributed by atoms with Crippen molar-refractivity contribution < 1.29 is 31.1 Å². The predicted octanol–water partition coefficient (Wildman–Crippen LogP) is 3.44. The first-order valence-electron chi connectivity index (χ1n) is 7.79. The van der Waals surface area contributed by atoms with Gasteiger partial charge in [-0.1, -0.05) is 13.0 Å². The summed E-state index contributed by atoms with van der Waals surface area (Å²) in [5.41, 5.74) is 0.901. The second-order valence-electron chi connectivity index (χ2n) is 5.50. The number of hydrogen-bond donors (Lipinski definition) is 2. The van der Waals surface area contributed by atoms with Crippen molar-refractivity contribution in [3.05, 3.63) is 53.6 Å². The molecule has 0 saturated heterocycles. The van der Waals surface area contributed by atoms with Crippen LogP contribution in [-0.4, -0.2) is 27.2 Å².